The second-order valence-electron chi connectivity index (χ2n) is 25.3. The van der Waals surface area contributed by atoms with Crippen LogP contribution in [-0.4, -0.2) is 47.4 Å². The van der Waals surface area contributed by atoms with Gasteiger partial charge in [0.15, 0.2) is 0 Å². The lowest BCUT2D eigenvalue weighted by Gasteiger charge is -2.20. The zero-order valence-electron chi connectivity index (χ0n) is 55.7. The number of hydrogen-bond donors (Lipinski definition) is 3. The second-order valence-corrected chi connectivity index (χ2v) is 25.3. The van der Waals surface area contributed by atoms with Gasteiger partial charge in [-0.05, 0) is 89.9 Å². The first-order valence-electron chi connectivity index (χ1n) is 37.1. The number of nitrogens with one attached hydrogen (secondary N) is 1. The SMILES string of the molecule is CCCC/C=C\C/C=C\CCCCCCCC(=O)OCCCCCCCCCCC/C=C\C/C=C\CCCCCCCCCCCCCCCCCCCC(=O)NC(CO)C(O)/C=C/CCCCCCCCCCCCCCCCCCC. The highest BCUT2D eigenvalue weighted by molar-refractivity contribution is 5.76. The molecular weight excluding hydrogens is 1020 g/mol. The van der Waals surface area contributed by atoms with Crippen molar-refractivity contribution in [2.45, 2.75) is 405 Å². The van der Waals surface area contributed by atoms with Crippen molar-refractivity contribution < 1.29 is 24.5 Å². The number of hydrogen-bond acceptors (Lipinski definition) is 5. The molecule has 0 saturated heterocycles. The van der Waals surface area contributed by atoms with Crippen LogP contribution >= 0.6 is 0 Å². The Bertz CT molecular complexity index is 1430. The van der Waals surface area contributed by atoms with Crippen molar-refractivity contribution in [2.75, 3.05) is 13.2 Å². The molecule has 83 heavy (non-hydrogen) atoms. The Balaban J connectivity index is 3.41. The Hall–Kier alpha value is -2.44. The maximum atomic E-state index is 12.5. The third kappa shape index (κ3) is 68.5. The van der Waals surface area contributed by atoms with E-state index in [0.29, 0.717) is 19.4 Å². The van der Waals surface area contributed by atoms with E-state index < -0.39 is 12.1 Å². The molecule has 0 rings (SSSR count). The van der Waals surface area contributed by atoms with Crippen molar-refractivity contribution in [2.24, 2.45) is 0 Å². The standard InChI is InChI=1S/C77H143NO5/c1-3-5-7-9-11-13-15-17-19-20-36-39-42-45-49-53-57-61-65-69-75(80)74(73-79)78-76(81)70-66-62-58-54-50-46-43-40-37-34-32-30-28-26-24-22-21-23-25-27-29-31-33-35-38-41-44-48-52-56-60-64-68-72-83-77(82)71-67-63-59-55-51-47-18-16-14-12-10-8-6-4-2/h10,12,16,18,25,27,31,33,65,69,74-75,79-80H,3-9,11,13-15,17,19-24,26,28-30,32,34-64,66-68,70-73H2,1-2H3,(H,78,81)/b12-10-,18-16-,27-25-,33-31-,69-65+. The summed E-state index contributed by atoms with van der Waals surface area (Å²) in [6, 6.07) is -0.628. The van der Waals surface area contributed by atoms with Crippen molar-refractivity contribution in [3.05, 3.63) is 60.8 Å². The first-order chi connectivity index (χ1) is 41.0. The van der Waals surface area contributed by atoms with Crippen LogP contribution in [-0.2, 0) is 14.3 Å². The number of allylic oxidation sites excluding steroid dienone is 9. The Morgan fingerprint density at radius 3 is 0.952 bits per heavy atom. The molecule has 0 aromatic rings. The number of amides is 1. The van der Waals surface area contributed by atoms with Crippen LogP contribution in [0.2, 0.25) is 0 Å². The minimum atomic E-state index is -0.845. The molecule has 0 aromatic carbocycles. The first-order valence-corrected chi connectivity index (χ1v) is 37.1. The zero-order chi connectivity index (χ0) is 59.9. The van der Waals surface area contributed by atoms with Crippen LogP contribution in [0, 0.1) is 0 Å². The molecule has 486 valence electrons. The molecular formula is C77H143NO5. The van der Waals surface area contributed by atoms with Gasteiger partial charge in [-0.25, -0.2) is 0 Å². The highest BCUT2D eigenvalue weighted by Crippen LogP contribution is 2.18. The highest BCUT2D eigenvalue weighted by atomic mass is 16.5. The van der Waals surface area contributed by atoms with E-state index in [9.17, 15) is 19.8 Å². The summed E-state index contributed by atoms with van der Waals surface area (Å²) < 4.78 is 5.48. The van der Waals surface area contributed by atoms with Gasteiger partial charge in [0.1, 0.15) is 0 Å². The number of ether oxygens (including phenoxy) is 1. The summed E-state index contributed by atoms with van der Waals surface area (Å²) >= 11 is 0. The second kappa shape index (κ2) is 72.0. The predicted molar refractivity (Wildman–Crippen MR) is 365 cm³/mol. The van der Waals surface area contributed by atoms with Gasteiger partial charge in [-0.1, -0.05) is 351 Å². The molecule has 0 heterocycles. The monoisotopic (exact) mass is 1160 g/mol. The van der Waals surface area contributed by atoms with Crippen LogP contribution in [0.3, 0.4) is 0 Å². The summed E-state index contributed by atoms with van der Waals surface area (Å²) in [6.07, 6.45) is 96.0. The number of unbranched alkanes of at least 4 members (excludes halogenated alkanes) is 50. The van der Waals surface area contributed by atoms with E-state index in [2.05, 4.69) is 67.8 Å². The lowest BCUT2D eigenvalue weighted by Crippen LogP contribution is -2.45. The Labute approximate surface area is 518 Å². The number of aliphatic hydroxyl groups excluding tert-OH is 2. The molecule has 2 atom stereocenters. The van der Waals surface area contributed by atoms with Crippen LogP contribution < -0.4 is 5.32 Å². The van der Waals surface area contributed by atoms with Gasteiger partial charge in [-0.2, -0.15) is 0 Å². The molecule has 0 aliphatic heterocycles. The number of carbonyl (C=O) groups is 2. The molecule has 0 saturated carbocycles. The van der Waals surface area contributed by atoms with Crippen molar-refractivity contribution in [1.29, 1.82) is 0 Å². The Morgan fingerprint density at radius 1 is 0.337 bits per heavy atom. The quantitative estimate of drug-likeness (QED) is 0.0320. The molecule has 3 N–H and O–H groups in total. The summed E-state index contributed by atoms with van der Waals surface area (Å²) in [6.45, 7) is 4.88. The molecule has 0 aromatic heterocycles. The molecule has 6 nitrogen and oxygen atoms in total. The zero-order valence-corrected chi connectivity index (χ0v) is 55.7. The van der Waals surface area contributed by atoms with Gasteiger partial charge in [0.25, 0.3) is 0 Å². The van der Waals surface area contributed by atoms with E-state index in [1.807, 2.05) is 6.08 Å². The molecule has 6 heteroatoms. The van der Waals surface area contributed by atoms with Gasteiger partial charge in [0.2, 0.25) is 5.91 Å². The maximum absolute atomic E-state index is 12.5. The molecule has 0 bridgehead atoms. The normalized spacial score (nSPS) is 12.9. The summed E-state index contributed by atoms with van der Waals surface area (Å²) in [5.41, 5.74) is 0. The van der Waals surface area contributed by atoms with E-state index in [-0.39, 0.29) is 18.5 Å². The van der Waals surface area contributed by atoms with E-state index in [0.717, 1.165) is 57.8 Å². The lowest BCUT2D eigenvalue weighted by molar-refractivity contribution is -0.143. The fourth-order valence-corrected chi connectivity index (χ4v) is 11.3. The van der Waals surface area contributed by atoms with Gasteiger partial charge in [0, 0.05) is 12.8 Å². The molecule has 0 aliphatic carbocycles. The average molecular weight is 1160 g/mol. The van der Waals surface area contributed by atoms with Crippen LogP contribution in [0.4, 0.5) is 0 Å². The molecule has 0 fully saturated rings. The van der Waals surface area contributed by atoms with Gasteiger partial charge in [-0.15, -0.1) is 0 Å². The smallest absolute Gasteiger partial charge is 0.305 e. The Kier molecular flexibility index (Phi) is 69.9. The third-order valence-electron chi connectivity index (χ3n) is 17.0. The predicted octanol–water partition coefficient (Wildman–Crippen LogP) is 24.2. The van der Waals surface area contributed by atoms with Gasteiger partial charge in [-0.3, -0.25) is 9.59 Å². The molecule has 1 amide bonds. The average Bonchev–Trinajstić information content (AvgIpc) is 3.48. The Morgan fingerprint density at radius 2 is 0.614 bits per heavy atom. The van der Waals surface area contributed by atoms with E-state index in [1.165, 1.54) is 308 Å². The third-order valence-corrected chi connectivity index (χ3v) is 17.0. The van der Waals surface area contributed by atoms with Crippen LogP contribution in [0.1, 0.15) is 393 Å². The van der Waals surface area contributed by atoms with Crippen molar-refractivity contribution >= 4 is 11.9 Å². The van der Waals surface area contributed by atoms with Crippen molar-refractivity contribution in [3.63, 3.8) is 0 Å². The molecule has 0 aliphatic rings. The minimum Gasteiger partial charge on any atom is -0.466 e. The fourth-order valence-electron chi connectivity index (χ4n) is 11.3. The van der Waals surface area contributed by atoms with Gasteiger partial charge in [0.05, 0.1) is 25.4 Å². The minimum absolute atomic E-state index is 0.000831. The summed E-state index contributed by atoms with van der Waals surface area (Å²) in [5.74, 6) is -0.0641. The van der Waals surface area contributed by atoms with Crippen molar-refractivity contribution in [1.82, 2.24) is 5.32 Å². The first kappa shape index (κ1) is 80.6. The van der Waals surface area contributed by atoms with Crippen LogP contribution in [0.25, 0.3) is 0 Å². The summed E-state index contributed by atoms with van der Waals surface area (Å²) in [4.78, 5) is 24.6. The van der Waals surface area contributed by atoms with E-state index in [4.69, 9.17) is 4.74 Å². The van der Waals surface area contributed by atoms with Gasteiger partial charge < -0.3 is 20.3 Å². The largest absolute Gasteiger partial charge is 0.466 e. The summed E-state index contributed by atoms with van der Waals surface area (Å²) in [7, 11) is 0. The molecule has 0 radical (unpaired) electrons. The highest BCUT2D eigenvalue weighted by Gasteiger charge is 2.18. The van der Waals surface area contributed by atoms with Gasteiger partial charge >= 0.3 is 5.97 Å². The summed E-state index contributed by atoms with van der Waals surface area (Å²) in [5, 5.41) is 23.2. The number of carbonyl (C=O) groups excluding carboxylic acids is 2. The number of rotatable bonds is 69. The molecule has 0 spiro atoms. The topological polar surface area (TPSA) is 95.9 Å². The van der Waals surface area contributed by atoms with Crippen molar-refractivity contribution in [3.8, 4) is 0 Å². The van der Waals surface area contributed by atoms with Crippen LogP contribution in [0.15, 0.2) is 60.8 Å². The van der Waals surface area contributed by atoms with E-state index >= 15 is 0 Å². The van der Waals surface area contributed by atoms with Crippen LogP contribution in [0.5, 0.6) is 0 Å². The number of esters is 1. The fraction of sp³-hybridized carbons (Fsp3) is 0.844. The van der Waals surface area contributed by atoms with E-state index in [1.54, 1.807) is 6.08 Å². The number of aliphatic hydroxyl groups is 2. The molecule has 2 unspecified atom stereocenters. The maximum Gasteiger partial charge on any atom is 0.305 e. The lowest BCUT2D eigenvalue weighted by atomic mass is 10.0.